The summed E-state index contributed by atoms with van der Waals surface area (Å²) < 4.78 is 42.5. The van der Waals surface area contributed by atoms with E-state index < -0.39 is 36.1 Å². The highest BCUT2D eigenvalue weighted by Gasteiger charge is 2.28. The van der Waals surface area contributed by atoms with Crippen molar-refractivity contribution in [2.75, 3.05) is 12.3 Å². The van der Waals surface area contributed by atoms with Crippen LogP contribution in [-0.4, -0.2) is 28.7 Å². The van der Waals surface area contributed by atoms with E-state index >= 15 is 0 Å². The minimum absolute atomic E-state index is 0.151. The number of aryl methyl sites for hydroxylation is 1. The van der Waals surface area contributed by atoms with Crippen molar-refractivity contribution in [3.8, 4) is 22.6 Å². The number of aromatic nitrogens is 2. The van der Waals surface area contributed by atoms with E-state index in [2.05, 4.69) is 19.6 Å². The Kier molecular flexibility index (Phi) is 7.38. The smallest absolute Gasteiger partial charge is 0.334 e. The van der Waals surface area contributed by atoms with Gasteiger partial charge in [-0.2, -0.15) is 0 Å². The summed E-state index contributed by atoms with van der Waals surface area (Å²) in [6, 6.07) is 8.13. The van der Waals surface area contributed by atoms with Crippen LogP contribution in [0.1, 0.15) is 0 Å². The first-order valence-electron chi connectivity index (χ1n) is 11.8. The maximum absolute atomic E-state index is 14.5. The highest BCUT2D eigenvalue weighted by Crippen LogP contribution is 2.45. The van der Waals surface area contributed by atoms with Crippen LogP contribution in [0.4, 0.5) is 20.2 Å². The Morgan fingerprint density at radius 2 is 1.84 bits per heavy atom. The number of halogens is 2. The number of pyridine rings is 1. The van der Waals surface area contributed by atoms with Crippen LogP contribution in [0, 0.1) is 21.7 Å². The van der Waals surface area contributed by atoms with Gasteiger partial charge in [-0.05, 0) is 36.4 Å². The fourth-order valence-corrected chi connectivity index (χ4v) is 4.80. The van der Waals surface area contributed by atoms with Crippen molar-refractivity contribution in [3.63, 3.8) is 0 Å². The number of hydrogen-bond donors (Lipinski definition) is 1. The normalized spacial score (nSPS) is 11.7. The van der Waals surface area contributed by atoms with E-state index in [-0.39, 0.29) is 29.3 Å². The quantitative estimate of drug-likeness (QED) is 0.0929. The van der Waals surface area contributed by atoms with Gasteiger partial charge in [0.2, 0.25) is 5.75 Å². The maximum atomic E-state index is 14.5. The highest BCUT2D eigenvalue weighted by atomic mass is 28.3. The second-order valence-electron chi connectivity index (χ2n) is 10.2. The Balaban J connectivity index is 1.87. The highest BCUT2D eigenvalue weighted by molar-refractivity contribution is 6.76. The van der Waals surface area contributed by atoms with Gasteiger partial charge in [-0.1, -0.05) is 19.6 Å². The number of benzene rings is 2. The predicted octanol–water partition coefficient (Wildman–Crippen LogP) is 5.88. The molecule has 0 saturated carbocycles. The summed E-state index contributed by atoms with van der Waals surface area (Å²) in [5.74, 6) is -2.62. The van der Waals surface area contributed by atoms with Crippen LogP contribution < -0.4 is 16.0 Å². The number of hydrogen-bond acceptors (Lipinski definition) is 6. The van der Waals surface area contributed by atoms with Crippen molar-refractivity contribution < 1.29 is 23.2 Å². The van der Waals surface area contributed by atoms with Gasteiger partial charge >= 0.3 is 5.69 Å². The van der Waals surface area contributed by atoms with Crippen LogP contribution in [-0.2, 0) is 18.5 Å². The molecule has 2 N–H and O–H groups in total. The molecular formula is C26H28F2N4O5Si. The summed E-state index contributed by atoms with van der Waals surface area (Å²) in [6.45, 7) is 7.44. The summed E-state index contributed by atoms with van der Waals surface area (Å²) in [4.78, 5) is 24.4. The number of nitro groups is 1. The molecule has 200 valence electrons. The van der Waals surface area contributed by atoms with E-state index in [4.69, 9.17) is 15.2 Å². The molecule has 0 aliphatic rings. The van der Waals surface area contributed by atoms with Gasteiger partial charge in [0.05, 0.1) is 4.92 Å². The first kappa shape index (κ1) is 27.0. The summed E-state index contributed by atoms with van der Waals surface area (Å²) in [5.41, 5.74) is 5.78. The molecule has 12 heteroatoms. The van der Waals surface area contributed by atoms with E-state index in [1.54, 1.807) is 23.9 Å². The first-order valence-corrected chi connectivity index (χ1v) is 15.5. The van der Waals surface area contributed by atoms with Crippen LogP contribution in [0.3, 0.4) is 0 Å². The molecule has 4 rings (SSSR count). The minimum Gasteiger partial charge on any atom is -0.446 e. The number of nitro benzene ring substituents is 1. The van der Waals surface area contributed by atoms with Crippen LogP contribution in [0.2, 0.25) is 25.7 Å². The van der Waals surface area contributed by atoms with Gasteiger partial charge in [0.25, 0.3) is 5.56 Å². The van der Waals surface area contributed by atoms with E-state index in [1.807, 2.05) is 0 Å². The number of nitrogen functional groups attached to an aromatic ring is 1. The Bertz CT molecular complexity index is 1590. The van der Waals surface area contributed by atoms with Crippen molar-refractivity contribution in [1.82, 2.24) is 9.13 Å². The van der Waals surface area contributed by atoms with Gasteiger partial charge in [0.1, 0.15) is 23.8 Å². The van der Waals surface area contributed by atoms with Crippen molar-refractivity contribution in [2.24, 2.45) is 7.05 Å². The molecule has 0 bridgehead atoms. The largest absolute Gasteiger partial charge is 0.446 e. The third-order valence-corrected chi connectivity index (χ3v) is 7.77. The molecule has 0 amide bonds. The molecule has 2 heterocycles. The zero-order chi connectivity index (χ0) is 27.8. The van der Waals surface area contributed by atoms with Crippen LogP contribution >= 0.6 is 0 Å². The SMILES string of the molecule is Cn1cc(-c2ccc(N)c([N+](=O)[O-])c2Oc2ccc(F)cc2F)c2ccn(COCC[Si](C)(C)C)c2c1=O. The predicted molar refractivity (Wildman–Crippen MR) is 144 cm³/mol. The summed E-state index contributed by atoms with van der Waals surface area (Å²) in [7, 11) is 0.258. The lowest BCUT2D eigenvalue weighted by Gasteiger charge is -2.16. The molecule has 0 fully saturated rings. The third kappa shape index (κ3) is 5.45. The second kappa shape index (κ2) is 10.4. The number of nitrogens with zero attached hydrogens (tertiary/aromatic N) is 3. The Hall–Kier alpha value is -4.03. The lowest BCUT2D eigenvalue weighted by atomic mass is 10.0. The minimum atomic E-state index is -1.30. The average molecular weight is 543 g/mol. The molecule has 0 aliphatic heterocycles. The molecule has 9 nitrogen and oxygen atoms in total. The summed E-state index contributed by atoms with van der Waals surface area (Å²) in [5, 5.41) is 12.5. The van der Waals surface area contributed by atoms with E-state index in [0.717, 1.165) is 18.2 Å². The molecule has 38 heavy (non-hydrogen) atoms. The van der Waals surface area contributed by atoms with Gasteiger partial charge < -0.3 is 24.3 Å². The van der Waals surface area contributed by atoms with Gasteiger partial charge in [-0.3, -0.25) is 14.9 Å². The molecule has 0 saturated heterocycles. The molecule has 2 aromatic heterocycles. The molecule has 4 aromatic rings. The van der Waals surface area contributed by atoms with Crippen LogP contribution in [0.15, 0.2) is 53.6 Å². The van der Waals surface area contributed by atoms with Crippen molar-refractivity contribution >= 4 is 30.4 Å². The molecule has 0 atom stereocenters. The number of fused-ring (bicyclic) bond motifs is 1. The van der Waals surface area contributed by atoms with Gasteiger partial charge in [-0.15, -0.1) is 0 Å². The lowest BCUT2D eigenvalue weighted by Crippen LogP contribution is -2.23. The molecular weight excluding hydrogens is 514 g/mol. The zero-order valence-electron chi connectivity index (χ0n) is 21.5. The fraction of sp³-hybridized carbons (Fsp3) is 0.269. The van der Waals surface area contributed by atoms with E-state index in [0.29, 0.717) is 29.1 Å². The molecule has 0 unspecified atom stereocenters. The van der Waals surface area contributed by atoms with Crippen molar-refractivity contribution in [2.45, 2.75) is 32.4 Å². The Morgan fingerprint density at radius 1 is 1.11 bits per heavy atom. The fourth-order valence-electron chi connectivity index (χ4n) is 4.04. The van der Waals surface area contributed by atoms with Gasteiger partial charge in [0.15, 0.2) is 11.6 Å². The maximum Gasteiger partial charge on any atom is 0.334 e. The summed E-state index contributed by atoms with van der Waals surface area (Å²) >= 11 is 0. The third-order valence-electron chi connectivity index (χ3n) is 6.07. The molecule has 2 aromatic carbocycles. The van der Waals surface area contributed by atoms with E-state index in [1.165, 1.54) is 22.9 Å². The molecule has 0 spiro atoms. The molecule has 0 radical (unpaired) electrons. The second-order valence-corrected chi connectivity index (χ2v) is 15.8. The van der Waals surface area contributed by atoms with Gasteiger partial charge in [-0.25, -0.2) is 8.78 Å². The lowest BCUT2D eigenvalue weighted by molar-refractivity contribution is -0.384. The Morgan fingerprint density at radius 3 is 2.50 bits per heavy atom. The summed E-state index contributed by atoms with van der Waals surface area (Å²) in [6.07, 6.45) is 3.22. The number of nitrogens with two attached hydrogens (primary N) is 1. The molecule has 0 aliphatic carbocycles. The average Bonchev–Trinajstić information content (AvgIpc) is 3.25. The number of anilines is 1. The van der Waals surface area contributed by atoms with Crippen LogP contribution in [0.5, 0.6) is 11.5 Å². The van der Waals surface area contributed by atoms with Gasteiger partial charge in [0, 0.05) is 56.7 Å². The monoisotopic (exact) mass is 542 g/mol. The topological polar surface area (TPSA) is 115 Å². The van der Waals surface area contributed by atoms with Crippen molar-refractivity contribution in [1.29, 1.82) is 0 Å². The first-order chi connectivity index (χ1) is 17.9. The van der Waals surface area contributed by atoms with E-state index in [9.17, 15) is 23.7 Å². The Labute approximate surface area is 218 Å². The standard InChI is InChI=1S/C26H28F2N4O5Si/c1-30-14-19(17-9-10-31(23(17)26(30)33)15-36-11-12-38(2,3)4)18-6-7-21(29)24(32(34)35)25(18)37-22-8-5-16(27)13-20(22)28/h5-10,13-14H,11-12,15,29H2,1-4H3. The zero-order valence-corrected chi connectivity index (χ0v) is 22.5. The number of rotatable bonds is 9. The number of ether oxygens (including phenoxy) is 2. The van der Waals surface area contributed by atoms with Crippen molar-refractivity contribution in [3.05, 3.63) is 80.9 Å². The van der Waals surface area contributed by atoms with Crippen LogP contribution in [0.25, 0.3) is 22.0 Å².